The minimum absolute atomic E-state index is 0.173. The van der Waals surface area contributed by atoms with Gasteiger partial charge in [-0.1, -0.05) is 30.3 Å². The van der Waals surface area contributed by atoms with Gasteiger partial charge in [0.05, 0.1) is 5.41 Å². The average molecular weight is 364 g/mol. The van der Waals surface area contributed by atoms with E-state index < -0.39 is 11.3 Å². The molecule has 0 radical (unpaired) electrons. The van der Waals surface area contributed by atoms with Crippen molar-refractivity contribution in [2.75, 3.05) is 6.54 Å². The van der Waals surface area contributed by atoms with E-state index in [0.717, 1.165) is 29.7 Å². The largest absolute Gasteiger partial charge is 0.338 e. The topological polar surface area (TPSA) is 69.6 Å². The van der Waals surface area contributed by atoms with Crippen molar-refractivity contribution in [3.8, 4) is 0 Å². The molecule has 4 rings (SSSR count). The van der Waals surface area contributed by atoms with Gasteiger partial charge in [-0.3, -0.25) is 14.8 Å². The molecule has 1 fully saturated rings. The number of carbonyl (C=O) groups excluding carboxylic acids is 2. The van der Waals surface area contributed by atoms with E-state index in [1.807, 2.05) is 17.0 Å². The molecule has 1 spiro atoms. The summed E-state index contributed by atoms with van der Waals surface area (Å²) in [7, 11) is 0. The van der Waals surface area contributed by atoms with Crippen LogP contribution in [-0.4, -0.2) is 28.5 Å². The summed E-state index contributed by atoms with van der Waals surface area (Å²) < 4.78 is 0. The van der Waals surface area contributed by atoms with Crippen LogP contribution in [0.1, 0.15) is 44.6 Å². The molecule has 0 aromatic heterocycles. The van der Waals surface area contributed by atoms with Gasteiger partial charge in [-0.05, 0) is 67.0 Å². The van der Waals surface area contributed by atoms with Gasteiger partial charge in [-0.2, -0.15) is 0 Å². The number of hydrogen-bond donors (Lipinski definition) is 2. The summed E-state index contributed by atoms with van der Waals surface area (Å²) in [4.78, 5) is 27.2. The predicted octanol–water partition coefficient (Wildman–Crippen LogP) is 2.94. The van der Waals surface area contributed by atoms with Crippen LogP contribution in [0.2, 0.25) is 0 Å². The minimum Gasteiger partial charge on any atom is -0.338 e. The molecule has 5 heteroatoms. The monoisotopic (exact) mass is 364 g/mol. The average Bonchev–Trinajstić information content (AvgIpc) is 3.19. The second-order valence-electron chi connectivity index (χ2n) is 7.91. The molecule has 1 aliphatic carbocycles. The number of nitrogens with one attached hydrogen (secondary N) is 1. The van der Waals surface area contributed by atoms with Crippen molar-refractivity contribution in [2.45, 2.75) is 39.7 Å². The van der Waals surface area contributed by atoms with Crippen molar-refractivity contribution in [1.82, 2.24) is 10.4 Å². The first-order chi connectivity index (χ1) is 12.9. The Hall–Kier alpha value is -2.66. The Bertz CT molecular complexity index is 937. The van der Waals surface area contributed by atoms with E-state index in [0.29, 0.717) is 24.9 Å². The second-order valence-corrected chi connectivity index (χ2v) is 7.91. The summed E-state index contributed by atoms with van der Waals surface area (Å²) in [5.74, 6) is -0.339. The molecular weight excluding hydrogens is 340 g/mol. The molecule has 27 heavy (non-hydrogen) atoms. The molecule has 1 atom stereocenters. The summed E-state index contributed by atoms with van der Waals surface area (Å²) in [5.41, 5.74) is 7.31. The molecule has 0 saturated carbocycles. The zero-order valence-corrected chi connectivity index (χ0v) is 15.7. The highest BCUT2D eigenvalue weighted by molar-refractivity contribution is 5.96. The van der Waals surface area contributed by atoms with Crippen LogP contribution in [0.25, 0.3) is 0 Å². The number of likely N-dealkylation sites (tertiary alicyclic amines) is 1. The van der Waals surface area contributed by atoms with Gasteiger partial charge in [0.2, 0.25) is 5.91 Å². The van der Waals surface area contributed by atoms with Crippen LogP contribution in [0.3, 0.4) is 0 Å². The number of hydrogen-bond acceptors (Lipinski definition) is 3. The second kappa shape index (κ2) is 6.50. The van der Waals surface area contributed by atoms with Crippen LogP contribution in [0, 0.1) is 19.3 Å². The lowest BCUT2D eigenvalue weighted by Crippen LogP contribution is -2.35. The molecule has 0 bridgehead atoms. The summed E-state index contributed by atoms with van der Waals surface area (Å²) in [6.07, 6.45) is 2.02. The first kappa shape index (κ1) is 17.7. The third-order valence-electron chi connectivity index (χ3n) is 6.21. The predicted molar refractivity (Wildman–Crippen MR) is 101 cm³/mol. The van der Waals surface area contributed by atoms with Crippen molar-refractivity contribution < 1.29 is 14.8 Å². The maximum absolute atomic E-state index is 13.3. The standard InChI is InChI=1S/C22H24N2O3/c1-14-6-7-16(10-15(14)2)13-24-9-8-22(21(24)26)11-17-4-3-5-18(19(17)12-22)20(25)23-27/h3-7,10,27H,8-9,11-13H2,1-2H3,(H,23,25). The number of fused-ring (bicyclic) bond motifs is 1. The fraction of sp³-hybridized carbons (Fsp3) is 0.364. The van der Waals surface area contributed by atoms with Gasteiger partial charge < -0.3 is 4.90 Å². The van der Waals surface area contributed by atoms with E-state index in [1.165, 1.54) is 11.1 Å². The molecule has 1 aliphatic heterocycles. The number of aryl methyl sites for hydroxylation is 2. The number of amides is 2. The molecule has 1 heterocycles. The molecular formula is C22H24N2O3. The molecule has 5 nitrogen and oxygen atoms in total. The van der Waals surface area contributed by atoms with E-state index >= 15 is 0 Å². The number of hydroxylamine groups is 1. The van der Waals surface area contributed by atoms with Gasteiger partial charge >= 0.3 is 0 Å². The fourth-order valence-corrected chi connectivity index (χ4v) is 4.54. The minimum atomic E-state index is -0.513. The summed E-state index contributed by atoms with van der Waals surface area (Å²) in [5, 5.41) is 9.00. The van der Waals surface area contributed by atoms with Gasteiger partial charge in [0.25, 0.3) is 5.91 Å². The molecule has 140 valence electrons. The van der Waals surface area contributed by atoms with Gasteiger partial charge in [0.15, 0.2) is 0 Å². The van der Waals surface area contributed by atoms with Gasteiger partial charge in [0.1, 0.15) is 0 Å². The van der Waals surface area contributed by atoms with Crippen LogP contribution in [-0.2, 0) is 24.2 Å². The van der Waals surface area contributed by atoms with Gasteiger partial charge in [-0.15, -0.1) is 0 Å². The molecule has 2 aromatic rings. The number of nitrogens with zero attached hydrogens (tertiary/aromatic N) is 1. The van der Waals surface area contributed by atoms with Crippen molar-refractivity contribution in [2.24, 2.45) is 5.41 Å². The third kappa shape index (κ3) is 2.92. The quantitative estimate of drug-likeness (QED) is 0.650. The first-order valence-corrected chi connectivity index (χ1v) is 9.34. The molecule has 2 amide bonds. The lowest BCUT2D eigenvalue weighted by molar-refractivity contribution is -0.136. The highest BCUT2D eigenvalue weighted by atomic mass is 16.5. The fourth-order valence-electron chi connectivity index (χ4n) is 4.54. The Balaban J connectivity index is 1.56. The lowest BCUT2D eigenvalue weighted by atomic mass is 9.83. The van der Waals surface area contributed by atoms with Crippen molar-refractivity contribution in [1.29, 1.82) is 0 Å². The highest BCUT2D eigenvalue weighted by Crippen LogP contribution is 2.46. The normalized spacial score (nSPS) is 21.0. The SMILES string of the molecule is Cc1ccc(CN2CCC3(Cc4cccc(C(=O)NO)c4C3)C2=O)cc1C. The van der Waals surface area contributed by atoms with Gasteiger partial charge in [0, 0.05) is 18.7 Å². The Kier molecular flexibility index (Phi) is 4.27. The Morgan fingerprint density at radius 2 is 2.00 bits per heavy atom. The van der Waals surface area contributed by atoms with Crippen molar-refractivity contribution in [3.05, 3.63) is 69.8 Å². The molecule has 2 aromatic carbocycles. The Morgan fingerprint density at radius 1 is 1.19 bits per heavy atom. The third-order valence-corrected chi connectivity index (χ3v) is 6.21. The molecule has 1 unspecified atom stereocenters. The van der Waals surface area contributed by atoms with E-state index in [4.69, 9.17) is 5.21 Å². The zero-order chi connectivity index (χ0) is 19.2. The Morgan fingerprint density at radius 3 is 2.74 bits per heavy atom. The van der Waals surface area contributed by atoms with E-state index in [1.54, 1.807) is 11.5 Å². The summed E-state index contributed by atoms with van der Waals surface area (Å²) in [6, 6.07) is 11.8. The maximum Gasteiger partial charge on any atom is 0.274 e. The molecule has 2 aliphatic rings. The molecule has 2 N–H and O–H groups in total. The summed E-state index contributed by atoms with van der Waals surface area (Å²) >= 11 is 0. The van der Waals surface area contributed by atoms with Crippen LogP contribution < -0.4 is 5.48 Å². The highest BCUT2D eigenvalue weighted by Gasteiger charge is 2.50. The van der Waals surface area contributed by atoms with E-state index in [2.05, 4.69) is 32.0 Å². The summed E-state index contributed by atoms with van der Waals surface area (Å²) in [6.45, 7) is 5.54. The van der Waals surface area contributed by atoms with Gasteiger partial charge in [-0.25, -0.2) is 5.48 Å². The van der Waals surface area contributed by atoms with Crippen LogP contribution in [0.4, 0.5) is 0 Å². The maximum atomic E-state index is 13.3. The first-order valence-electron chi connectivity index (χ1n) is 9.34. The van der Waals surface area contributed by atoms with Crippen LogP contribution >= 0.6 is 0 Å². The Labute approximate surface area is 159 Å². The molecule has 1 saturated heterocycles. The van der Waals surface area contributed by atoms with Crippen LogP contribution in [0.15, 0.2) is 36.4 Å². The van der Waals surface area contributed by atoms with Crippen molar-refractivity contribution in [3.63, 3.8) is 0 Å². The smallest absolute Gasteiger partial charge is 0.274 e. The lowest BCUT2D eigenvalue weighted by Gasteiger charge is -2.23. The number of rotatable bonds is 3. The van der Waals surface area contributed by atoms with Crippen molar-refractivity contribution >= 4 is 11.8 Å². The van der Waals surface area contributed by atoms with E-state index in [9.17, 15) is 9.59 Å². The zero-order valence-electron chi connectivity index (χ0n) is 15.7. The van der Waals surface area contributed by atoms with E-state index in [-0.39, 0.29) is 5.91 Å². The number of benzene rings is 2. The number of carbonyl (C=O) groups is 2. The van der Waals surface area contributed by atoms with Crippen LogP contribution in [0.5, 0.6) is 0 Å².